The molecule has 0 saturated heterocycles. The number of halogens is 1. The van der Waals surface area contributed by atoms with E-state index in [4.69, 9.17) is 10.8 Å². The van der Waals surface area contributed by atoms with Crippen LogP contribution in [-0.2, 0) is 11.2 Å². The SMILES string of the molecule is Cl.N[C@H](C=O)Cc1ccc(O)cc1. The van der Waals surface area contributed by atoms with E-state index >= 15 is 0 Å². The molecule has 13 heavy (non-hydrogen) atoms. The molecule has 0 unspecified atom stereocenters. The minimum Gasteiger partial charge on any atom is -0.508 e. The van der Waals surface area contributed by atoms with E-state index in [1.807, 2.05) is 0 Å². The van der Waals surface area contributed by atoms with Gasteiger partial charge in [0.25, 0.3) is 0 Å². The van der Waals surface area contributed by atoms with Crippen LogP contribution in [0.4, 0.5) is 0 Å². The predicted molar refractivity (Wildman–Crippen MR) is 53.1 cm³/mol. The third-order valence-corrected chi connectivity index (χ3v) is 1.58. The zero-order valence-corrected chi connectivity index (χ0v) is 7.83. The zero-order chi connectivity index (χ0) is 8.97. The fourth-order valence-electron chi connectivity index (χ4n) is 0.952. The molecule has 1 rings (SSSR count). The number of aromatic hydroxyl groups is 1. The lowest BCUT2D eigenvalue weighted by atomic mass is 10.1. The lowest BCUT2D eigenvalue weighted by Gasteiger charge is -2.03. The van der Waals surface area contributed by atoms with Crippen molar-refractivity contribution in [2.24, 2.45) is 5.73 Å². The van der Waals surface area contributed by atoms with E-state index in [1.165, 1.54) is 0 Å². The van der Waals surface area contributed by atoms with E-state index in [1.54, 1.807) is 24.3 Å². The van der Waals surface area contributed by atoms with Gasteiger partial charge < -0.3 is 15.6 Å². The van der Waals surface area contributed by atoms with Gasteiger partial charge in [-0.1, -0.05) is 12.1 Å². The molecule has 72 valence electrons. The summed E-state index contributed by atoms with van der Waals surface area (Å²) in [5.74, 6) is 0.221. The maximum Gasteiger partial charge on any atom is 0.137 e. The van der Waals surface area contributed by atoms with Gasteiger partial charge in [0.1, 0.15) is 12.0 Å². The van der Waals surface area contributed by atoms with Crippen LogP contribution in [0.5, 0.6) is 5.75 Å². The second kappa shape index (κ2) is 5.56. The van der Waals surface area contributed by atoms with Gasteiger partial charge in [-0.15, -0.1) is 12.4 Å². The first-order valence-corrected chi connectivity index (χ1v) is 3.71. The summed E-state index contributed by atoms with van der Waals surface area (Å²) in [5, 5.41) is 8.95. The van der Waals surface area contributed by atoms with Gasteiger partial charge in [-0.2, -0.15) is 0 Å². The van der Waals surface area contributed by atoms with Crippen molar-refractivity contribution >= 4 is 18.7 Å². The van der Waals surface area contributed by atoms with Gasteiger partial charge in [-0.25, -0.2) is 0 Å². The lowest BCUT2D eigenvalue weighted by Crippen LogP contribution is -2.23. The molecule has 1 atom stereocenters. The number of aldehydes is 1. The summed E-state index contributed by atoms with van der Waals surface area (Å²) in [4.78, 5) is 10.2. The quantitative estimate of drug-likeness (QED) is 0.714. The van der Waals surface area contributed by atoms with Crippen LogP contribution in [0.25, 0.3) is 0 Å². The third-order valence-electron chi connectivity index (χ3n) is 1.58. The fourth-order valence-corrected chi connectivity index (χ4v) is 0.952. The highest BCUT2D eigenvalue weighted by molar-refractivity contribution is 5.85. The Bertz CT molecular complexity index is 261. The molecule has 1 aromatic rings. The summed E-state index contributed by atoms with van der Waals surface area (Å²) in [7, 11) is 0. The Balaban J connectivity index is 0.00000144. The molecule has 0 spiro atoms. The third kappa shape index (κ3) is 3.92. The molecule has 0 amide bonds. The summed E-state index contributed by atoms with van der Waals surface area (Å²) < 4.78 is 0. The molecule has 0 aliphatic rings. The Hall–Kier alpha value is -1.06. The average molecular weight is 202 g/mol. The lowest BCUT2D eigenvalue weighted by molar-refractivity contribution is -0.108. The van der Waals surface area contributed by atoms with Gasteiger partial charge in [0, 0.05) is 0 Å². The van der Waals surface area contributed by atoms with Crippen LogP contribution >= 0.6 is 12.4 Å². The van der Waals surface area contributed by atoms with Crippen molar-refractivity contribution in [2.75, 3.05) is 0 Å². The standard InChI is InChI=1S/C9H11NO2.ClH/c10-8(6-11)5-7-1-3-9(12)4-2-7;/h1-4,6,8,12H,5,10H2;1H/t8-;/m0./s1. The van der Waals surface area contributed by atoms with Crippen molar-refractivity contribution in [1.82, 2.24) is 0 Å². The van der Waals surface area contributed by atoms with E-state index in [0.717, 1.165) is 5.56 Å². The number of hydrogen-bond acceptors (Lipinski definition) is 3. The highest BCUT2D eigenvalue weighted by atomic mass is 35.5. The highest BCUT2D eigenvalue weighted by Gasteiger charge is 2.00. The molecule has 0 fully saturated rings. The zero-order valence-electron chi connectivity index (χ0n) is 7.01. The maximum absolute atomic E-state index is 10.2. The first-order valence-electron chi connectivity index (χ1n) is 3.71. The van der Waals surface area contributed by atoms with Gasteiger partial charge >= 0.3 is 0 Å². The Morgan fingerprint density at radius 1 is 1.38 bits per heavy atom. The summed E-state index contributed by atoms with van der Waals surface area (Å²) in [6.45, 7) is 0. The average Bonchev–Trinajstić information content (AvgIpc) is 2.09. The van der Waals surface area contributed by atoms with Gasteiger partial charge in [0.2, 0.25) is 0 Å². The molecule has 1 aromatic carbocycles. The Labute approximate surface area is 83.0 Å². The first kappa shape index (κ1) is 11.9. The molecule has 0 radical (unpaired) electrons. The number of carbonyl (C=O) groups is 1. The van der Waals surface area contributed by atoms with Gasteiger partial charge in [0.15, 0.2) is 0 Å². The molecule has 3 nitrogen and oxygen atoms in total. The Morgan fingerprint density at radius 2 is 1.92 bits per heavy atom. The van der Waals surface area contributed by atoms with Crippen molar-refractivity contribution in [3.05, 3.63) is 29.8 Å². The van der Waals surface area contributed by atoms with Crippen molar-refractivity contribution in [1.29, 1.82) is 0 Å². The summed E-state index contributed by atoms with van der Waals surface area (Å²) in [6, 6.07) is 6.20. The van der Waals surface area contributed by atoms with Crippen molar-refractivity contribution in [2.45, 2.75) is 12.5 Å². The smallest absolute Gasteiger partial charge is 0.137 e. The fraction of sp³-hybridized carbons (Fsp3) is 0.222. The number of rotatable bonds is 3. The summed E-state index contributed by atoms with van der Waals surface area (Å²) in [6.07, 6.45) is 1.23. The van der Waals surface area contributed by atoms with Crippen LogP contribution in [0.15, 0.2) is 24.3 Å². The number of carbonyl (C=O) groups excluding carboxylic acids is 1. The van der Waals surface area contributed by atoms with Gasteiger partial charge in [0.05, 0.1) is 6.04 Å². The molecule has 0 heterocycles. The summed E-state index contributed by atoms with van der Waals surface area (Å²) >= 11 is 0. The molecular weight excluding hydrogens is 190 g/mol. The highest BCUT2D eigenvalue weighted by Crippen LogP contribution is 2.10. The molecule has 0 saturated carbocycles. The van der Waals surface area contributed by atoms with E-state index in [2.05, 4.69) is 0 Å². The van der Waals surface area contributed by atoms with E-state index in [9.17, 15) is 4.79 Å². The number of benzene rings is 1. The number of hydrogen-bond donors (Lipinski definition) is 2. The van der Waals surface area contributed by atoms with Gasteiger partial charge in [-0.3, -0.25) is 0 Å². The van der Waals surface area contributed by atoms with Crippen LogP contribution in [0.2, 0.25) is 0 Å². The molecule has 4 heteroatoms. The van der Waals surface area contributed by atoms with Crippen molar-refractivity contribution < 1.29 is 9.90 Å². The first-order chi connectivity index (χ1) is 5.72. The normalized spacial score (nSPS) is 11.5. The van der Waals surface area contributed by atoms with Crippen LogP contribution in [0.3, 0.4) is 0 Å². The minimum absolute atomic E-state index is 0. The maximum atomic E-state index is 10.2. The second-order valence-corrected chi connectivity index (χ2v) is 2.67. The summed E-state index contributed by atoms with van der Waals surface area (Å²) in [5.41, 5.74) is 6.36. The Morgan fingerprint density at radius 3 is 2.38 bits per heavy atom. The van der Waals surface area contributed by atoms with Gasteiger partial charge in [-0.05, 0) is 24.1 Å². The number of nitrogens with two attached hydrogens (primary N) is 1. The number of phenolic OH excluding ortho intramolecular Hbond substituents is 1. The number of phenols is 1. The Kier molecular flexibility index (Phi) is 5.11. The second-order valence-electron chi connectivity index (χ2n) is 2.67. The molecule has 3 N–H and O–H groups in total. The van der Waals surface area contributed by atoms with Crippen LogP contribution in [0.1, 0.15) is 5.56 Å². The monoisotopic (exact) mass is 201 g/mol. The predicted octanol–water partition coefficient (Wildman–Crippen LogP) is 0.883. The van der Waals surface area contributed by atoms with Crippen LogP contribution in [0, 0.1) is 0 Å². The molecule has 0 aliphatic heterocycles. The van der Waals surface area contributed by atoms with Crippen molar-refractivity contribution in [3.63, 3.8) is 0 Å². The van der Waals surface area contributed by atoms with Crippen molar-refractivity contribution in [3.8, 4) is 5.75 Å². The molecular formula is C9H12ClNO2. The van der Waals surface area contributed by atoms with E-state index in [-0.39, 0.29) is 18.2 Å². The molecule has 0 bridgehead atoms. The molecule has 0 aromatic heterocycles. The van der Waals surface area contributed by atoms with E-state index < -0.39 is 6.04 Å². The van der Waals surface area contributed by atoms with Crippen LogP contribution < -0.4 is 5.73 Å². The molecule has 0 aliphatic carbocycles. The topological polar surface area (TPSA) is 63.3 Å². The largest absolute Gasteiger partial charge is 0.508 e. The van der Waals surface area contributed by atoms with Crippen LogP contribution in [-0.4, -0.2) is 17.4 Å². The minimum atomic E-state index is -0.449. The van der Waals surface area contributed by atoms with E-state index in [0.29, 0.717) is 12.7 Å².